The fourth-order valence-electron chi connectivity index (χ4n) is 2.30. The van der Waals surface area contributed by atoms with Crippen molar-refractivity contribution in [1.29, 1.82) is 0 Å². The second kappa shape index (κ2) is 12.4. The Labute approximate surface area is 180 Å². The molecule has 1 aromatic heterocycles. The van der Waals surface area contributed by atoms with Gasteiger partial charge in [0.2, 0.25) is 0 Å². The van der Waals surface area contributed by atoms with E-state index in [1.807, 2.05) is 6.20 Å². The molecule has 0 unspecified atom stereocenters. The summed E-state index contributed by atoms with van der Waals surface area (Å²) in [6.07, 6.45) is 3.79. The topological polar surface area (TPSA) is 104 Å². The van der Waals surface area contributed by atoms with Crippen LogP contribution in [0.5, 0.6) is 0 Å². The first-order valence-corrected chi connectivity index (χ1v) is 9.31. The maximum absolute atomic E-state index is 11.0. The lowest BCUT2D eigenvalue weighted by Gasteiger charge is -2.12. The summed E-state index contributed by atoms with van der Waals surface area (Å²) in [5.74, 6) is 0.696. The Morgan fingerprint density at radius 3 is 2.67 bits per heavy atom. The Morgan fingerprint density at radius 2 is 2.00 bits per heavy atom. The second-order valence-corrected chi connectivity index (χ2v) is 6.65. The van der Waals surface area contributed by atoms with E-state index in [4.69, 9.17) is 0 Å². The fraction of sp³-hybridized carbons (Fsp3) is 0.412. The Bertz CT molecular complexity index is 753. The van der Waals surface area contributed by atoms with Crippen molar-refractivity contribution in [2.75, 3.05) is 32.0 Å². The van der Waals surface area contributed by atoms with Gasteiger partial charge in [-0.05, 0) is 12.5 Å². The van der Waals surface area contributed by atoms with E-state index in [2.05, 4.69) is 32.9 Å². The minimum Gasteiger partial charge on any atom is -0.378 e. The highest BCUT2D eigenvalue weighted by Crippen LogP contribution is 2.22. The van der Waals surface area contributed by atoms with Gasteiger partial charge in [-0.3, -0.25) is 15.1 Å². The van der Waals surface area contributed by atoms with E-state index >= 15 is 0 Å². The van der Waals surface area contributed by atoms with Crippen molar-refractivity contribution in [1.82, 2.24) is 15.6 Å². The van der Waals surface area contributed by atoms with Crippen molar-refractivity contribution in [3.05, 3.63) is 50.5 Å². The molecule has 27 heavy (non-hydrogen) atoms. The van der Waals surface area contributed by atoms with E-state index < -0.39 is 4.92 Å². The van der Waals surface area contributed by atoms with Crippen LogP contribution in [0, 0.1) is 10.1 Å². The molecule has 8 nitrogen and oxygen atoms in total. The van der Waals surface area contributed by atoms with Gasteiger partial charge in [0.1, 0.15) is 5.69 Å². The van der Waals surface area contributed by atoms with Crippen LogP contribution in [0.3, 0.4) is 0 Å². The molecule has 1 aromatic carbocycles. The van der Waals surface area contributed by atoms with Gasteiger partial charge in [-0.1, -0.05) is 19.1 Å². The summed E-state index contributed by atoms with van der Waals surface area (Å²) in [7, 11) is 1.71. The molecular weight excluding hydrogens is 479 g/mol. The molecule has 0 amide bonds. The molecular formula is C17H25IN6O2S. The minimum absolute atomic E-state index is 0. The number of aromatic nitrogens is 1. The molecule has 2 aromatic rings. The highest BCUT2D eigenvalue weighted by Gasteiger charge is 2.11. The number of anilines is 1. The van der Waals surface area contributed by atoms with Gasteiger partial charge in [-0.2, -0.15) is 0 Å². The van der Waals surface area contributed by atoms with E-state index in [-0.39, 0.29) is 29.7 Å². The first-order chi connectivity index (χ1) is 12.6. The van der Waals surface area contributed by atoms with Crippen molar-refractivity contribution < 1.29 is 4.92 Å². The quantitative estimate of drug-likeness (QED) is 0.121. The Hall–Kier alpha value is -1.95. The number of nitrogens with zero attached hydrogens (tertiary/aromatic N) is 3. The van der Waals surface area contributed by atoms with Gasteiger partial charge in [0, 0.05) is 50.2 Å². The average Bonchev–Trinajstić information content (AvgIpc) is 3.11. The van der Waals surface area contributed by atoms with Gasteiger partial charge in [0.25, 0.3) is 5.69 Å². The maximum Gasteiger partial charge on any atom is 0.292 e. The number of benzene rings is 1. The Balaban J connectivity index is 0.00000364. The molecule has 1 heterocycles. The first kappa shape index (κ1) is 23.1. The summed E-state index contributed by atoms with van der Waals surface area (Å²) in [6.45, 7) is 3.99. The van der Waals surface area contributed by atoms with Gasteiger partial charge >= 0.3 is 0 Å². The van der Waals surface area contributed by atoms with Gasteiger partial charge in [0.15, 0.2) is 5.96 Å². The lowest BCUT2D eigenvalue weighted by Crippen LogP contribution is -2.40. The van der Waals surface area contributed by atoms with Crippen LogP contribution < -0.4 is 16.0 Å². The number of hydrogen-bond acceptors (Lipinski definition) is 6. The van der Waals surface area contributed by atoms with Crippen LogP contribution >= 0.6 is 35.3 Å². The van der Waals surface area contributed by atoms with Gasteiger partial charge in [0.05, 0.1) is 9.93 Å². The number of nitro benzene ring substituents is 1. The summed E-state index contributed by atoms with van der Waals surface area (Å²) < 4.78 is 0. The molecule has 0 spiro atoms. The number of rotatable bonds is 9. The summed E-state index contributed by atoms with van der Waals surface area (Å²) in [5, 5.41) is 21.6. The largest absolute Gasteiger partial charge is 0.378 e. The zero-order valence-corrected chi connectivity index (χ0v) is 18.5. The summed E-state index contributed by atoms with van der Waals surface area (Å²) in [5.41, 5.74) is 0.586. The van der Waals surface area contributed by atoms with Crippen LogP contribution in [0.1, 0.15) is 16.8 Å². The van der Waals surface area contributed by atoms with E-state index in [9.17, 15) is 10.1 Å². The normalized spacial score (nSPS) is 10.8. The summed E-state index contributed by atoms with van der Waals surface area (Å²) in [4.78, 5) is 20.5. The number of aryl methyl sites for hydroxylation is 1. The molecule has 0 saturated carbocycles. The number of hydrogen-bond donors (Lipinski definition) is 3. The number of halogens is 1. The third kappa shape index (κ3) is 7.67. The molecule has 3 N–H and O–H groups in total. The van der Waals surface area contributed by atoms with Crippen LogP contribution in [0.15, 0.2) is 35.5 Å². The molecule has 0 radical (unpaired) electrons. The molecule has 0 aliphatic rings. The third-order valence-corrected chi connectivity index (χ3v) is 4.84. The monoisotopic (exact) mass is 504 g/mol. The minimum atomic E-state index is -0.390. The van der Waals surface area contributed by atoms with Crippen molar-refractivity contribution in [2.24, 2.45) is 4.99 Å². The fourth-order valence-corrected chi connectivity index (χ4v) is 3.16. The van der Waals surface area contributed by atoms with E-state index in [0.717, 1.165) is 24.4 Å². The highest BCUT2D eigenvalue weighted by molar-refractivity contribution is 14.0. The standard InChI is InChI=1S/C17H24N6O2S.HI/c1-3-13-12-22-16(26-13)8-9-20-17(18-2)21-11-10-19-14-6-4-5-7-15(14)23(24)25;/h4-7,12,19H,3,8-11H2,1-2H3,(H2,18,20,21);1H. The van der Waals surface area contributed by atoms with Crippen LogP contribution in [0.25, 0.3) is 0 Å². The van der Waals surface area contributed by atoms with Gasteiger partial charge in [-0.25, -0.2) is 4.98 Å². The van der Waals surface area contributed by atoms with Crippen LogP contribution in [-0.4, -0.2) is 42.5 Å². The molecule has 0 saturated heterocycles. The summed E-state index contributed by atoms with van der Waals surface area (Å²) >= 11 is 1.74. The van der Waals surface area contributed by atoms with Gasteiger partial charge < -0.3 is 16.0 Å². The van der Waals surface area contributed by atoms with Crippen molar-refractivity contribution in [3.63, 3.8) is 0 Å². The average molecular weight is 504 g/mol. The maximum atomic E-state index is 11.0. The lowest BCUT2D eigenvalue weighted by molar-refractivity contribution is -0.384. The van der Waals surface area contributed by atoms with Gasteiger partial charge in [-0.15, -0.1) is 35.3 Å². The molecule has 148 valence electrons. The number of nitrogens with one attached hydrogen (secondary N) is 3. The smallest absolute Gasteiger partial charge is 0.292 e. The first-order valence-electron chi connectivity index (χ1n) is 8.49. The highest BCUT2D eigenvalue weighted by atomic mass is 127. The Morgan fingerprint density at radius 1 is 1.26 bits per heavy atom. The SMILES string of the molecule is CCc1cnc(CCNC(=NC)NCCNc2ccccc2[N+](=O)[O-])s1.I. The molecule has 0 fully saturated rings. The number of nitro groups is 1. The molecule has 0 aliphatic heterocycles. The number of guanidine groups is 1. The predicted octanol–water partition coefficient (Wildman–Crippen LogP) is 3.05. The second-order valence-electron chi connectivity index (χ2n) is 5.45. The van der Waals surface area contributed by atoms with Crippen molar-refractivity contribution >= 4 is 52.6 Å². The molecule has 10 heteroatoms. The van der Waals surface area contributed by atoms with E-state index in [0.29, 0.717) is 24.7 Å². The van der Waals surface area contributed by atoms with E-state index in [1.54, 1.807) is 36.6 Å². The molecule has 0 atom stereocenters. The molecule has 2 rings (SSSR count). The van der Waals surface area contributed by atoms with Crippen LogP contribution in [0.2, 0.25) is 0 Å². The molecule has 0 aliphatic carbocycles. The predicted molar refractivity (Wildman–Crippen MR) is 122 cm³/mol. The van der Waals surface area contributed by atoms with Crippen LogP contribution in [-0.2, 0) is 12.8 Å². The number of thiazole rings is 1. The lowest BCUT2D eigenvalue weighted by atomic mass is 10.2. The number of para-hydroxylation sites is 2. The van der Waals surface area contributed by atoms with E-state index in [1.165, 1.54) is 10.9 Å². The molecule has 0 bridgehead atoms. The zero-order valence-electron chi connectivity index (χ0n) is 15.4. The van der Waals surface area contributed by atoms with Crippen molar-refractivity contribution in [3.8, 4) is 0 Å². The van der Waals surface area contributed by atoms with Crippen molar-refractivity contribution in [2.45, 2.75) is 19.8 Å². The number of aliphatic imine (C=N–C) groups is 1. The Kier molecular flexibility index (Phi) is 10.6. The third-order valence-electron chi connectivity index (χ3n) is 3.64. The summed E-state index contributed by atoms with van der Waals surface area (Å²) in [6, 6.07) is 6.60. The zero-order chi connectivity index (χ0) is 18.8. The van der Waals surface area contributed by atoms with Crippen LogP contribution in [0.4, 0.5) is 11.4 Å².